The number of hydrogen-bond acceptors (Lipinski definition) is 4. The first-order valence-electron chi connectivity index (χ1n) is 11.9. The third-order valence-electron chi connectivity index (χ3n) is 6.08. The number of fused-ring (bicyclic) bond motifs is 1. The van der Waals surface area contributed by atoms with E-state index >= 15 is 0 Å². The minimum absolute atomic E-state index is 0.390. The molecule has 0 atom stereocenters. The van der Waals surface area contributed by atoms with Gasteiger partial charge in [-0.05, 0) is 67.7 Å². The van der Waals surface area contributed by atoms with Crippen molar-refractivity contribution in [2.45, 2.75) is 64.2 Å². The summed E-state index contributed by atoms with van der Waals surface area (Å²) >= 11 is 1.67. The average Bonchev–Trinajstić information content (AvgIpc) is 3.41. The molecule has 2 aromatic heterocycles. The number of rotatable bonds is 8. The highest BCUT2D eigenvalue weighted by atomic mass is 32.2. The Morgan fingerprint density at radius 1 is 1.09 bits per heavy atom. The molecule has 0 unspecified atom stereocenters. The molecular formula is C28H35N3O2S. The van der Waals surface area contributed by atoms with E-state index in [-0.39, 0.29) is 0 Å². The van der Waals surface area contributed by atoms with Crippen LogP contribution in [0.25, 0.3) is 22.0 Å². The molecule has 0 radical (unpaired) electrons. The number of nitrogens with one attached hydrogen (secondary N) is 1. The topological polar surface area (TPSA) is 84.9 Å². The zero-order valence-electron chi connectivity index (χ0n) is 20.8. The fraction of sp³-hybridized carbons (Fsp3) is 0.357. The van der Waals surface area contributed by atoms with E-state index in [0.717, 1.165) is 64.1 Å². The van der Waals surface area contributed by atoms with Gasteiger partial charge in [0.15, 0.2) is 0 Å². The number of carbonyl (C=O) groups excluding carboxylic acids is 1. The maximum absolute atomic E-state index is 12.0. The van der Waals surface area contributed by atoms with Gasteiger partial charge in [-0.15, -0.1) is 11.8 Å². The van der Waals surface area contributed by atoms with Gasteiger partial charge in [0.25, 0.3) is 5.91 Å². The average molecular weight is 478 g/mol. The van der Waals surface area contributed by atoms with Crippen molar-refractivity contribution in [3.05, 3.63) is 71.2 Å². The normalized spacial score (nSPS) is 11.0. The molecule has 4 rings (SSSR count). The first-order valence-corrected chi connectivity index (χ1v) is 13.1. The smallest absolute Gasteiger partial charge is 0.250 e. The second kappa shape index (κ2) is 11.9. The summed E-state index contributed by atoms with van der Waals surface area (Å²) in [5.74, 6) is 1.04. The summed E-state index contributed by atoms with van der Waals surface area (Å²) in [7, 11) is 0. The Morgan fingerprint density at radius 3 is 2.26 bits per heavy atom. The number of primary amides is 1. The molecule has 5 nitrogen and oxygen atoms in total. The quantitative estimate of drug-likeness (QED) is 0.255. The first-order chi connectivity index (χ1) is 16.4. The van der Waals surface area contributed by atoms with E-state index in [9.17, 15) is 4.79 Å². The fourth-order valence-electron chi connectivity index (χ4n) is 4.50. The van der Waals surface area contributed by atoms with Crippen LogP contribution in [0.1, 0.15) is 72.8 Å². The highest BCUT2D eigenvalue weighted by molar-refractivity contribution is 7.98. The molecule has 3 N–H and O–H groups in total. The van der Waals surface area contributed by atoms with Gasteiger partial charge in [-0.1, -0.05) is 62.2 Å². The van der Waals surface area contributed by atoms with Crippen molar-refractivity contribution in [1.82, 2.24) is 10.1 Å². The van der Waals surface area contributed by atoms with Gasteiger partial charge >= 0.3 is 0 Å². The van der Waals surface area contributed by atoms with Crippen molar-refractivity contribution in [3.8, 4) is 11.1 Å². The van der Waals surface area contributed by atoms with Crippen LogP contribution in [0.5, 0.6) is 0 Å². The predicted octanol–water partition coefficient (Wildman–Crippen LogP) is 7.63. The molecule has 180 valence electrons. The van der Waals surface area contributed by atoms with Gasteiger partial charge < -0.3 is 15.2 Å². The number of H-pyrrole nitrogens is 1. The Bertz CT molecular complexity index is 1200. The molecule has 0 saturated carbocycles. The summed E-state index contributed by atoms with van der Waals surface area (Å²) in [6.07, 6.45) is 8.70. The van der Waals surface area contributed by atoms with Gasteiger partial charge in [0.2, 0.25) is 0 Å². The fourth-order valence-corrected chi connectivity index (χ4v) is 5.16. The number of thioether (sulfide) groups is 1. The minimum Gasteiger partial charge on any atom is -0.366 e. The van der Waals surface area contributed by atoms with Gasteiger partial charge in [-0.3, -0.25) is 4.79 Å². The summed E-state index contributed by atoms with van der Waals surface area (Å²) in [5, 5.41) is 4.92. The Kier molecular flexibility index (Phi) is 8.99. The van der Waals surface area contributed by atoms with Gasteiger partial charge in [0, 0.05) is 11.6 Å². The van der Waals surface area contributed by atoms with E-state index in [1.54, 1.807) is 11.8 Å². The lowest BCUT2D eigenvalue weighted by Gasteiger charge is -2.15. The zero-order valence-corrected chi connectivity index (χ0v) is 21.6. The van der Waals surface area contributed by atoms with E-state index in [0.29, 0.717) is 11.5 Å². The Balaban J connectivity index is 0.000000302. The van der Waals surface area contributed by atoms with Crippen molar-refractivity contribution < 1.29 is 9.32 Å². The summed E-state index contributed by atoms with van der Waals surface area (Å²) in [4.78, 5) is 16.5. The highest BCUT2D eigenvalue weighted by Crippen LogP contribution is 2.36. The largest absolute Gasteiger partial charge is 0.366 e. The molecule has 2 aromatic carbocycles. The minimum atomic E-state index is -0.390. The maximum atomic E-state index is 12.0. The van der Waals surface area contributed by atoms with Crippen molar-refractivity contribution in [1.29, 1.82) is 0 Å². The van der Waals surface area contributed by atoms with Gasteiger partial charge in [0.1, 0.15) is 5.76 Å². The molecule has 2 heterocycles. The Hall–Kier alpha value is -2.99. The maximum Gasteiger partial charge on any atom is 0.250 e. The number of carbonyl (C=O) groups is 1. The van der Waals surface area contributed by atoms with Crippen LogP contribution in [0.3, 0.4) is 0 Å². The second-order valence-electron chi connectivity index (χ2n) is 8.55. The Labute approximate surface area is 206 Å². The molecule has 4 aromatic rings. The van der Waals surface area contributed by atoms with Crippen molar-refractivity contribution in [3.63, 3.8) is 0 Å². The molecule has 1 amide bonds. The van der Waals surface area contributed by atoms with Gasteiger partial charge in [0.05, 0.1) is 21.7 Å². The van der Waals surface area contributed by atoms with Crippen LogP contribution >= 0.6 is 11.8 Å². The summed E-state index contributed by atoms with van der Waals surface area (Å²) < 4.78 is 4.92. The number of nitrogens with two attached hydrogens (primary N) is 1. The number of amides is 1. The first kappa shape index (κ1) is 25.6. The SMILES string of the molecule is CCCC(CCC)c1c[nH]c2c(C(N)=O)cc(-c3ccccc3)cc12.CSc1c(C)noc1C. The van der Waals surface area contributed by atoms with Crippen molar-refractivity contribution >= 4 is 28.6 Å². The van der Waals surface area contributed by atoms with Crippen LogP contribution in [0.4, 0.5) is 0 Å². The number of hydrogen-bond donors (Lipinski definition) is 2. The highest BCUT2D eigenvalue weighted by Gasteiger charge is 2.19. The predicted molar refractivity (Wildman–Crippen MR) is 143 cm³/mol. The monoisotopic (exact) mass is 477 g/mol. The number of nitrogens with zero attached hydrogens (tertiary/aromatic N) is 1. The lowest BCUT2D eigenvalue weighted by Crippen LogP contribution is -2.11. The van der Waals surface area contributed by atoms with Crippen LogP contribution < -0.4 is 5.73 Å². The van der Waals surface area contributed by atoms with Crippen LogP contribution in [0.2, 0.25) is 0 Å². The third kappa shape index (κ3) is 5.73. The lowest BCUT2D eigenvalue weighted by molar-refractivity contribution is 0.100. The van der Waals surface area contributed by atoms with Crippen LogP contribution in [0.15, 0.2) is 58.1 Å². The molecule has 0 spiro atoms. The standard InChI is InChI=1S/C22H26N2O.C6H9NOS/c1-3-8-16(9-4-2)20-14-24-21-18(20)12-17(13-19(21)22(23)25)15-10-6-5-7-11-15;1-4-6(9-3)5(2)8-7-4/h5-7,10-14,16,24H,3-4,8-9H2,1-2H3,(H2,23,25);1-3H3. The molecule has 0 fully saturated rings. The molecular weight excluding hydrogens is 442 g/mol. The molecule has 0 bridgehead atoms. The van der Waals surface area contributed by atoms with E-state index in [1.165, 1.54) is 5.56 Å². The van der Waals surface area contributed by atoms with Crippen LogP contribution in [0, 0.1) is 13.8 Å². The van der Waals surface area contributed by atoms with E-state index in [2.05, 4.69) is 48.4 Å². The summed E-state index contributed by atoms with van der Waals surface area (Å²) in [5.41, 5.74) is 11.5. The number of aromatic nitrogens is 2. The second-order valence-corrected chi connectivity index (χ2v) is 9.37. The van der Waals surface area contributed by atoms with Crippen LogP contribution in [-0.4, -0.2) is 22.3 Å². The molecule has 0 aliphatic heterocycles. The van der Waals surface area contributed by atoms with Crippen LogP contribution in [-0.2, 0) is 0 Å². The number of aryl methyl sites for hydroxylation is 2. The van der Waals surface area contributed by atoms with Crippen molar-refractivity contribution in [2.75, 3.05) is 6.26 Å². The van der Waals surface area contributed by atoms with E-state index < -0.39 is 5.91 Å². The third-order valence-corrected chi connectivity index (χ3v) is 7.07. The van der Waals surface area contributed by atoms with Gasteiger partial charge in [-0.25, -0.2) is 0 Å². The van der Waals surface area contributed by atoms with Crippen molar-refractivity contribution in [2.24, 2.45) is 5.73 Å². The number of aromatic amines is 1. The Morgan fingerprint density at radius 2 is 1.76 bits per heavy atom. The summed E-state index contributed by atoms with van der Waals surface area (Å²) in [6, 6.07) is 14.2. The molecule has 34 heavy (non-hydrogen) atoms. The zero-order chi connectivity index (χ0) is 24.7. The molecule has 6 heteroatoms. The lowest BCUT2D eigenvalue weighted by atomic mass is 9.88. The number of benzene rings is 2. The summed E-state index contributed by atoms with van der Waals surface area (Å²) in [6.45, 7) is 8.32. The van der Waals surface area contributed by atoms with Gasteiger partial charge in [-0.2, -0.15) is 0 Å². The van der Waals surface area contributed by atoms with E-state index in [4.69, 9.17) is 10.3 Å². The molecule has 0 saturated heterocycles. The van der Waals surface area contributed by atoms with E-state index in [1.807, 2.05) is 44.4 Å². The molecule has 0 aliphatic rings. The molecule has 0 aliphatic carbocycles.